The van der Waals surface area contributed by atoms with Gasteiger partial charge in [0.15, 0.2) is 0 Å². The molecular formula is C21H25N3O4S. The number of amides is 2. The number of nitrogens with one attached hydrogen (secondary N) is 2. The highest BCUT2D eigenvalue weighted by Crippen LogP contribution is 2.25. The van der Waals surface area contributed by atoms with E-state index in [1.54, 1.807) is 24.3 Å². The Bertz CT molecular complexity index is 959. The summed E-state index contributed by atoms with van der Waals surface area (Å²) in [6.07, 6.45) is 1.97. The fourth-order valence-electron chi connectivity index (χ4n) is 3.34. The summed E-state index contributed by atoms with van der Waals surface area (Å²) in [7, 11) is -3.80. The number of carbonyl (C=O) groups excluding carboxylic acids is 2. The van der Waals surface area contributed by atoms with Gasteiger partial charge in [0, 0.05) is 6.54 Å². The zero-order valence-electron chi connectivity index (χ0n) is 16.3. The first-order valence-electron chi connectivity index (χ1n) is 9.59. The van der Waals surface area contributed by atoms with Crippen molar-refractivity contribution in [1.82, 2.24) is 15.2 Å². The van der Waals surface area contributed by atoms with E-state index < -0.39 is 22.0 Å². The molecule has 2 N–H and O–H groups in total. The Morgan fingerprint density at radius 1 is 1.00 bits per heavy atom. The molecule has 8 heteroatoms. The largest absolute Gasteiger partial charge is 0.273 e. The van der Waals surface area contributed by atoms with Crippen LogP contribution in [0.5, 0.6) is 0 Å². The second-order valence-electron chi connectivity index (χ2n) is 7.14. The lowest BCUT2D eigenvalue weighted by atomic mass is 10.0. The van der Waals surface area contributed by atoms with Crippen molar-refractivity contribution in [3.8, 4) is 0 Å². The molecular weight excluding hydrogens is 390 g/mol. The minimum absolute atomic E-state index is 0.122. The lowest BCUT2D eigenvalue weighted by Gasteiger charge is -2.33. The van der Waals surface area contributed by atoms with Crippen molar-refractivity contribution in [1.29, 1.82) is 0 Å². The highest BCUT2D eigenvalue weighted by atomic mass is 32.2. The average Bonchev–Trinajstić information content (AvgIpc) is 2.73. The molecule has 29 heavy (non-hydrogen) atoms. The van der Waals surface area contributed by atoms with Crippen LogP contribution in [0.2, 0.25) is 0 Å². The third kappa shape index (κ3) is 5.21. The number of benzene rings is 2. The van der Waals surface area contributed by atoms with Gasteiger partial charge in [0.25, 0.3) is 5.91 Å². The van der Waals surface area contributed by atoms with Crippen LogP contribution >= 0.6 is 0 Å². The molecule has 0 radical (unpaired) electrons. The number of carbonyl (C=O) groups is 2. The van der Waals surface area contributed by atoms with E-state index in [1.165, 1.54) is 4.31 Å². The standard InChI is InChI=1S/C21H25N3O4S/c1-16-10-12-18(13-11-16)29(27,28)24-14-6-5-9-19(24)21(26)23-22-20(25)15-17-7-3-2-4-8-17/h2-4,7-8,10-13,19H,5-6,9,14-15H2,1H3,(H,22,25)(H,23,26)/t19-/m1/s1. The highest BCUT2D eigenvalue weighted by molar-refractivity contribution is 7.89. The first-order valence-corrected chi connectivity index (χ1v) is 11.0. The number of hydrazine groups is 1. The van der Waals surface area contributed by atoms with Crippen molar-refractivity contribution in [2.45, 2.75) is 43.5 Å². The molecule has 0 saturated carbocycles. The maximum Gasteiger partial charge on any atom is 0.256 e. The molecule has 0 bridgehead atoms. The number of aryl methyl sites for hydroxylation is 1. The van der Waals surface area contributed by atoms with E-state index in [0.29, 0.717) is 12.8 Å². The SMILES string of the molecule is Cc1ccc(S(=O)(=O)N2CCCC[C@@H]2C(=O)NNC(=O)Cc2ccccc2)cc1. The van der Waals surface area contributed by atoms with Crippen LogP contribution in [-0.2, 0) is 26.0 Å². The zero-order chi connectivity index (χ0) is 20.9. The number of sulfonamides is 1. The van der Waals surface area contributed by atoms with Crippen LogP contribution < -0.4 is 10.9 Å². The predicted molar refractivity (Wildman–Crippen MR) is 109 cm³/mol. The Balaban J connectivity index is 1.66. The first-order chi connectivity index (χ1) is 13.9. The number of rotatable bonds is 5. The molecule has 1 aliphatic heterocycles. The minimum atomic E-state index is -3.80. The van der Waals surface area contributed by atoms with Gasteiger partial charge < -0.3 is 0 Å². The van der Waals surface area contributed by atoms with E-state index in [2.05, 4.69) is 10.9 Å². The summed E-state index contributed by atoms with van der Waals surface area (Å²) in [6, 6.07) is 14.9. The van der Waals surface area contributed by atoms with Gasteiger partial charge in [-0.3, -0.25) is 20.4 Å². The number of nitrogens with zero attached hydrogens (tertiary/aromatic N) is 1. The lowest BCUT2D eigenvalue weighted by Crippen LogP contribution is -2.55. The number of piperidine rings is 1. The third-order valence-corrected chi connectivity index (χ3v) is 6.84. The van der Waals surface area contributed by atoms with Gasteiger partial charge in [-0.2, -0.15) is 4.31 Å². The van der Waals surface area contributed by atoms with Gasteiger partial charge in [0.05, 0.1) is 11.3 Å². The molecule has 1 heterocycles. The molecule has 3 rings (SSSR count). The summed E-state index contributed by atoms with van der Waals surface area (Å²) < 4.78 is 27.3. The fourth-order valence-corrected chi connectivity index (χ4v) is 5.00. The minimum Gasteiger partial charge on any atom is -0.273 e. The van der Waals surface area contributed by atoms with Crippen molar-refractivity contribution in [2.75, 3.05) is 6.54 Å². The quantitative estimate of drug-likeness (QED) is 0.730. The number of hydrogen-bond acceptors (Lipinski definition) is 4. The van der Waals surface area contributed by atoms with Gasteiger partial charge in [0.2, 0.25) is 15.9 Å². The van der Waals surface area contributed by atoms with Crippen LogP contribution in [0.25, 0.3) is 0 Å². The molecule has 1 aliphatic rings. The molecule has 1 fully saturated rings. The van der Waals surface area contributed by atoms with E-state index in [-0.39, 0.29) is 23.8 Å². The van der Waals surface area contributed by atoms with Gasteiger partial charge in [-0.05, 0) is 37.5 Å². The van der Waals surface area contributed by atoms with E-state index in [4.69, 9.17) is 0 Å². The molecule has 0 aliphatic carbocycles. The van der Waals surface area contributed by atoms with E-state index in [0.717, 1.165) is 17.5 Å². The van der Waals surface area contributed by atoms with E-state index >= 15 is 0 Å². The van der Waals surface area contributed by atoms with Crippen molar-refractivity contribution in [3.63, 3.8) is 0 Å². The monoisotopic (exact) mass is 415 g/mol. The third-order valence-electron chi connectivity index (χ3n) is 4.92. The summed E-state index contributed by atoms with van der Waals surface area (Å²) >= 11 is 0. The van der Waals surface area contributed by atoms with Crippen LogP contribution in [0.1, 0.15) is 30.4 Å². The Morgan fingerprint density at radius 3 is 2.38 bits per heavy atom. The predicted octanol–water partition coefficient (Wildman–Crippen LogP) is 1.93. The average molecular weight is 416 g/mol. The van der Waals surface area contributed by atoms with Gasteiger partial charge >= 0.3 is 0 Å². The van der Waals surface area contributed by atoms with Gasteiger partial charge in [-0.1, -0.05) is 54.4 Å². The Hall–Kier alpha value is -2.71. The number of hydrogen-bond donors (Lipinski definition) is 2. The molecule has 0 spiro atoms. The Labute approximate surface area is 171 Å². The Morgan fingerprint density at radius 2 is 1.69 bits per heavy atom. The molecule has 0 aromatic heterocycles. The van der Waals surface area contributed by atoms with Crippen LogP contribution in [-0.4, -0.2) is 37.1 Å². The van der Waals surface area contributed by atoms with Gasteiger partial charge in [-0.25, -0.2) is 8.42 Å². The maximum absolute atomic E-state index is 13.1. The normalized spacial score (nSPS) is 17.5. The fraction of sp³-hybridized carbons (Fsp3) is 0.333. The van der Waals surface area contributed by atoms with Crippen molar-refractivity contribution >= 4 is 21.8 Å². The summed E-state index contributed by atoms with van der Waals surface area (Å²) in [5.41, 5.74) is 6.55. The summed E-state index contributed by atoms with van der Waals surface area (Å²) in [5.74, 6) is -0.893. The molecule has 0 unspecified atom stereocenters. The van der Waals surface area contributed by atoms with Crippen LogP contribution in [0.15, 0.2) is 59.5 Å². The summed E-state index contributed by atoms with van der Waals surface area (Å²) in [4.78, 5) is 24.9. The second-order valence-corrected chi connectivity index (χ2v) is 9.03. The van der Waals surface area contributed by atoms with E-state index in [1.807, 2.05) is 37.3 Å². The Kier molecular flexibility index (Phi) is 6.66. The smallest absolute Gasteiger partial charge is 0.256 e. The topological polar surface area (TPSA) is 95.6 Å². The molecule has 154 valence electrons. The van der Waals surface area contributed by atoms with Crippen LogP contribution in [0.4, 0.5) is 0 Å². The summed E-state index contributed by atoms with van der Waals surface area (Å²) in [5, 5.41) is 0. The first kappa shape index (κ1) is 21.0. The molecule has 2 aromatic carbocycles. The van der Waals surface area contributed by atoms with Gasteiger partial charge in [-0.15, -0.1) is 0 Å². The molecule has 2 amide bonds. The summed E-state index contributed by atoms with van der Waals surface area (Å²) in [6.45, 7) is 2.15. The van der Waals surface area contributed by atoms with Gasteiger partial charge in [0.1, 0.15) is 6.04 Å². The van der Waals surface area contributed by atoms with Crippen LogP contribution in [0, 0.1) is 6.92 Å². The van der Waals surface area contributed by atoms with E-state index in [9.17, 15) is 18.0 Å². The zero-order valence-corrected chi connectivity index (χ0v) is 17.1. The molecule has 7 nitrogen and oxygen atoms in total. The maximum atomic E-state index is 13.1. The molecule has 2 aromatic rings. The second kappa shape index (κ2) is 9.19. The molecule has 1 saturated heterocycles. The van der Waals surface area contributed by atoms with Crippen molar-refractivity contribution in [2.24, 2.45) is 0 Å². The highest BCUT2D eigenvalue weighted by Gasteiger charge is 2.37. The van der Waals surface area contributed by atoms with Crippen LogP contribution in [0.3, 0.4) is 0 Å². The van der Waals surface area contributed by atoms with Crippen molar-refractivity contribution in [3.05, 3.63) is 65.7 Å². The lowest BCUT2D eigenvalue weighted by molar-refractivity contribution is -0.131. The molecule has 1 atom stereocenters. The van der Waals surface area contributed by atoms with Crippen molar-refractivity contribution < 1.29 is 18.0 Å².